The lowest BCUT2D eigenvalue weighted by atomic mass is 9.83. The molecule has 2 saturated heterocycles. The maximum atomic E-state index is 10.1. The van der Waals surface area contributed by atoms with Crippen LogP contribution in [0.3, 0.4) is 0 Å². The van der Waals surface area contributed by atoms with E-state index in [1.807, 2.05) is 89.3 Å². The molecule has 64 heavy (non-hydrogen) atoms. The number of likely N-dealkylation sites (tertiary alicyclic amines) is 1. The average molecular weight is 893 g/mol. The normalized spacial score (nSPS) is 14.7. The van der Waals surface area contributed by atoms with Crippen LogP contribution < -0.4 is 4.72 Å². The fraction of sp³-hybridized carbons (Fsp3) is 0.561. The van der Waals surface area contributed by atoms with Crippen LogP contribution in [0.5, 0.6) is 0 Å². The zero-order valence-electron chi connectivity index (χ0n) is 44.2. The predicted molar refractivity (Wildman–Crippen MR) is 289 cm³/mol. The number of nitrogens with zero attached hydrogens (tertiary/aromatic N) is 5. The van der Waals surface area contributed by atoms with E-state index in [9.17, 15) is 5.26 Å². The lowest BCUT2D eigenvalue weighted by Gasteiger charge is -2.30. The number of hydrogen-bond acceptors (Lipinski definition) is 7. The van der Waals surface area contributed by atoms with E-state index in [0.29, 0.717) is 5.92 Å². The SMILES string of the molecule is C=C(C)C(=N/N1CCCC1)/C(=C\C)N=C(C)CSNC.CC.CC.CC.CC.CCc1cc(CN2CCC(C)CC2)cc(C#N)c1CC(C)c1cccc(-c2cccc(C)c2C)c1C. The summed E-state index contributed by atoms with van der Waals surface area (Å²) in [6, 6.07) is 20.4. The van der Waals surface area contributed by atoms with Crippen LogP contribution in [0.4, 0.5) is 0 Å². The van der Waals surface area contributed by atoms with Gasteiger partial charge >= 0.3 is 0 Å². The number of nitrogens with one attached hydrogen (secondary N) is 1. The number of rotatable bonds is 14. The van der Waals surface area contributed by atoms with Crippen molar-refractivity contribution in [1.29, 1.82) is 5.26 Å². The topological polar surface area (TPSA) is 67.0 Å². The van der Waals surface area contributed by atoms with Crippen molar-refractivity contribution >= 4 is 23.4 Å². The average Bonchev–Trinajstić information content (AvgIpc) is 3.85. The summed E-state index contributed by atoms with van der Waals surface area (Å²) in [7, 11) is 1.92. The summed E-state index contributed by atoms with van der Waals surface area (Å²) in [6.07, 6.45) is 8.87. The Morgan fingerprint density at radius 3 is 2.02 bits per heavy atom. The zero-order chi connectivity index (χ0) is 48.8. The number of hydrazone groups is 1. The molecule has 5 rings (SSSR count). The van der Waals surface area contributed by atoms with Gasteiger partial charge in [0.2, 0.25) is 0 Å². The molecule has 3 aromatic rings. The number of aryl methyl sites for hydroxylation is 2. The number of benzene rings is 3. The largest absolute Gasteiger partial charge is 0.299 e. The zero-order valence-corrected chi connectivity index (χ0v) is 45.0. The Balaban J connectivity index is 0.00000120. The molecule has 1 atom stereocenters. The first-order valence-electron chi connectivity index (χ1n) is 24.8. The second-order valence-corrected chi connectivity index (χ2v) is 17.0. The highest BCUT2D eigenvalue weighted by molar-refractivity contribution is 7.98. The van der Waals surface area contributed by atoms with Crippen LogP contribution in [0, 0.1) is 38.0 Å². The van der Waals surface area contributed by atoms with Gasteiger partial charge in [0.1, 0.15) is 5.71 Å². The van der Waals surface area contributed by atoms with Gasteiger partial charge in [0.05, 0.1) is 17.3 Å². The van der Waals surface area contributed by atoms with E-state index < -0.39 is 0 Å². The van der Waals surface area contributed by atoms with Crippen molar-refractivity contribution in [3.63, 3.8) is 0 Å². The molecule has 1 unspecified atom stereocenters. The van der Waals surface area contributed by atoms with E-state index in [4.69, 9.17) is 10.1 Å². The molecular formula is C57H92N6S. The molecular weight excluding hydrogens is 801 g/mol. The maximum Gasteiger partial charge on any atom is 0.111 e. The highest BCUT2D eigenvalue weighted by Gasteiger charge is 2.21. The van der Waals surface area contributed by atoms with Gasteiger partial charge in [0.25, 0.3) is 0 Å². The van der Waals surface area contributed by atoms with Gasteiger partial charge in [0, 0.05) is 31.1 Å². The minimum atomic E-state index is 0.335. The second kappa shape index (κ2) is 34.4. The van der Waals surface area contributed by atoms with Crippen molar-refractivity contribution in [2.45, 2.75) is 169 Å². The second-order valence-electron chi connectivity index (χ2n) is 16.0. The van der Waals surface area contributed by atoms with Crippen molar-refractivity contribution in [3.8, 4) is 17.2 Å². The van der Waals surface area contributed by atoms with Crippen molar-refractivity contribution < 1.29 is 0 Å². The number of nitriles is 1. The summed E-state index contributed by atoms with van der Waals surface area (Å²) in [4.78, 5) is 7.25. The van der Waals surface area contributed by atoms with E-state index in [-0.39, 0.29) is 0 Å². The van der Waals surface area contributed by atoms with Gasteiger partial charge in [-0.05, 0) is 174 Å². The summed E-state index contributed by atoms with van der Waals surface area (Å²) in [5.41, 5.74) is 16.7. The van der Waals surface area contributed by atoms with Gasteiger partial charge in [-0.15, -0.1) is 0 Å². The lowest BCUT2D eigenvalue weighted by Crippen LogP contribution is -2.32. The summed E-state index contributed by atoms with van der Waals surface area (Å²) >= 11 is 1.64. The van der Waals surface area contributed by atoms with Crippen LogP contribution >= 0.6 is 11.9 Å². The van der Waals surface area contributed by atoms with Crippen molar-refractivity contribution in [2.75, 3.05) is 39.0 Å². The van der Waals surface area contributed by atoms with E-state index in [1.54, 1.807) is 11.9 Å². The number of hydrogen-bond donors (Lipinski definition) is 1. The van der Waals surface area contributed by atoms with Gasteiger partial charge in [-0.3, -0.25) is 19.6 Å². The third-order valence-corrected chi connectivity index (χ3v) is 12.3. The molecule has 0 spiro atoms. The Bertz CT molecular complexity index is 1920. The van der Waals surface area contributed by atoms with Crippen LogP contribution in [0.1, 0.15) is 173 Å². The summed E-state index contributed by atoms with van der Waals surface area (Å²) in [5.74, 6) is 2.03. The molecule has 0 radical (unpaired) electrons. The molecule has 2 aliphatic rings. The quantitative estimate of drug-likeness (QED) is 0.129. The molecule has 0 bridgehead atoms. The predicted octanol–water partition coefficient (Wildman–Crippen LogP) is 15.6. The minimum absolute atomic E-state index is 0.335. The molecule has 7 heteroatoms. The highest BCUT2D eigenvalue weighted by Crippen LogP contribution is 2.35. The van der Waals surface area contributed by atoms with Gasteiger partial charge in [-0.25, -0.2) is 0 Å². The molecule has 2 heterocycles. The smallest absolute Gasteiger partial charge is 0.111 e. The standard InChI is InChI=1S/C34H42N2.C15H26N4S.4C2H6/c1-7-29-19-28(22-36-16-14-23(2)15-17-36)20-30(21-35)34(29)18-25(4)31-11-9-13-33(27(31)6)32-12-8-10-24(3)26(32)5;1-6-14(17-13(4)11-20-16-5)15(12(2)3)18-19-9-7-8-10-19;4*1-2/h8-13,19-20,23,25H,7,14-18,22H2,1-6H3;6,16H,2,7-11H2,1,3-5H3;4*1-2H3/b;14-6+,17-13?,18-15-;;;;. The molecule has 3 aromatic carbocycles. The monoisotopic (exact) mass is 893 g/mol. The third kappa shape index (κ3) is 19.3. The summed E-state index contributed by atoms with van der Waals surface area (Å²) < 4.78 is 3.06. The number of aliphatic imine (C=N–C) groups is 1. The molecule has 0 aliphatic carbocycles. The van der Waals surface area contributed by atoms with Crippen LogP contribution in [0.2, 0.25) is 0 Å². The summed E-state index contributed by atoms with van der Waals surface area (Å²) in [6.45, 7) is 45.0. The summed E-state index contributed by atoms with van der Waals surface area (Å²) in [5, 5.41) is 17.0. The van der Waals surface area contributed by atoms with Crippen molar-refractivity contribution in [2.24, 2.45) is 16.0 Å². The lowest BCUT2D eigenvalue weighted by molar-refractivity contribution is 0.185. The Kier molecular flexibility index (Phi) is 32.3. The van der Waals surface area contributed by atoms with Crippen molar-refractivity contribution in [1.82, 2.24) is 14.6 Å². The van der Waals surface area contributed by atoms with Crippen LogP contribution in [0.25, 0.3) is 11.1 Å². The highest BCUT2D eigenvalue weighted by atomic mass is 32.2. The van der Waals surface area contributed by atoms with Gasteiger partial charge in [-0.1, -0.05) is 143 Å². The fourth-order valence-electron chi connectivity index (χ4n) is 7.93. The molecule has 2 aliphatic heterocycles. The fourth-order valence-corrected chi connectivity index (χ4v) is 8.35. The Morgan fingerprint density at radius 1 is 0.906 bits per heavy atom. The molecule has 356 valence electrons. The Morgan fingerprint density at radius 2 is 1.48 bits per heavy atom. The molecule has 0 saturated carbocycles. The molecule has 0 aromatic heterocycles. The van der Waals surface area contributed by atoms with Crippen LogP contribution in [-0.4, -0.2) is 60.3 Å². The minimum Gasteiger partial charge on any atom is -0.299 e. The van der Waals surface area contributed by atoms with E-state index in [1.165, 1.54) is 88.8 Å². The van der Waals surface area contributed by atoms with Crippen LogP contribution in [-0.2, 0) is 19.4 Å². The van der Waals surface area contributed by atoms with E-state index >= 15 is 0 Å². The van der Waals surface area contributed by atoms with Crippen molar-refractivity contribution in [3.05, 3.63) is 117 Å². The number of allylic oxidation sites excluding steroid dienone is 2. The first kappa shape index (κ1) is 60.0. The van der Waals surface area contributed by atoms with Gasteiger partial charge in [0.15, 0.2) is 0 Å². The Labute approximate surface area is 399 Å². The maximum absolute atomic E-state index is 10.1. The first-order valence-corrected chi connectivity index (χ1v) is 25.8. The Hall–Kier alpha value is -3.96. The van der Waals surface area contributed by atoms with Gasteiger partial charge < -0.3 is 0 Å². The molecule has 1 N–H and O–H groups in total. The molecule has 2 fully saturated rings. The van der Waals surface area contributed by atoms with Gasteiger partial charge in [-0.2, -0.15) is 10.4 Å². The van der Waals surface area contributed by atoms with Crippen LogP contribution in [0.15, 0.2) is 82.5 Å². The first-order chi connectivity index (χ1) is 30.9. The third-order valence-electron chi connectivity index (χ3n) is 11.5. The number of piperidine rings is 1. The van der Waals surface area contributed by atoms with E-state index in [2.05, 4.69) is 117 Å². The van der Waals surface area contributed by atoms with E-state index in [0.717, 1.165) is 72.4 Å². The molecule has 6 nitrogen and oxygen atoms in total. The molecule has 0 amide bonds.